The highest BCUT2D eigenvalue weighted by Crippen LogP contribution is 2.71. The second-order valence-electron chi connectivity index (χ2n) is 12.5. The van der Waals surface area contributed by atoms with Gasteiger partial charge in [-0.3, -0.25) is 4.98 Å². The number of rotatable bonds is 0. The standard InChI is InChI=1S/C31H37N/c1-18-13-14-30(3)21(15-18)9-10-23-25-12-11-24-19(2)29-28(27(16-26(23)30)31(24,25)4)22-8-6-5-7-20(22)17-32-29/h5-9,16-19,23-26H,10-15H2,1-4H3. The summed E-state index contributed by atoms with van der Waals surface area (Å²) in [5.74, 6) is 4.49. The molecule has 5 aliphatic rings. The van der Waals surface area contributed by atoms with Crippen LogP contribution in [-0.4, -0.2) is 4.98 Å². The van der Waals surface area contributed by atoms with Gasteiger partial charge in [-0.1, -0.05) is 69.7 Å². The lowest BCUT2D eigenvalue weighted by atomic mass is 9.45. The Morgan fingerprint density at radius 2 is 1.81 bits per heavy atom. The van der Waals surface area contributed by atoms with Crippen LogP contribution >= 0.6 is 0 Å². The normalized spacial score (nSPS) is 44.1. The smallest absolute Gasteiger partial charge is 0.0516 e. The minimum atomic E-state index is 0.309. The van der Waals surface area contributed by atoms with E-state index in [4.69, 9.17) is 4.98 Å². The molecule has 166 valence electrons. The number of aromatic nitrogens is 1. The molecule has 1 nitrogen and oxygen atoms in total. The molecule has 1 aromatic heterocycles. The Labute approximate surface area is 193 Å². The zero-order chi connectivity index (χ0) is 21.8. The topological polar surface area (TPSA) is 12.9 Å². The van der Waals surface area contributed by atoms with Crippen LogP contribution in [0.4, 0.5) is 0 Å². The SMILES string of the molecule is CC1CCC2(C)C(=CCC3C2C=C2c4c(ncc5ccccc45)C(C)C4CCC3C24C)C1. The second-order valence-corrected chi connectivity index (χ2v) is 12.5. The number of fused-ring (bicyclic) bond motifs is 8. The predicted octanol–water partition coefficient (Wildman–Crippen LogP) is 8.17. The number of benzene rings is 1. The zero-order valence-corrected chi connectivity index (χ0v) is 20.2. The van der Waals surface area contributed by atoms with Crippen molar-refractivity contribution >= 4 is 16.3 Å². The highest BCUT2D eigenvalue weighted by molar-refractivity contribution is 5.97. The third kappa shape index (κ3) is 2.24. The summed E-state index contributed by atoms with van der Waals surface area (Å²) in [4.78, 5) is 5.13. The molecule has 0 radical (unpaired) electrons. The second kappa shape index (κ2) is 6.37. The molecule has 2 fully saturated rings. The summed E-state index contributed by atoms with van der Waals surface area (Å²) in [5, 5.41) is 2.74. The van der Waals surface area contributed by atoms with Crippen LogP contribution in [0.15, 0.2) is 48.2 Å². The van der Waals surface area contributed by atoms with E-state index in [1.807, 2.05) is 0 Å². The number of nitrogens with zero attached hydrogens (tertiary/aromatic N) is 1. The summed E-state index contributed by atoms with van der Waals surface area (Å²) >= 11 is 0. The van der Waals surface area contributed by atoms with E-state index < -0.39 is 0 Å². The van der Waals surface area contributed by atoms with Crippen molar-refractivity contribution in [2.45, 2.75) is 72.1 Å². The van der Waals surface area contributed by atoms with Gasteiger partial charge in [0.25, 0.3) is 0 Å². The molecule has 2 aromatic rings. The summed E-state index contributed by atoms with van der Waals surface area (Å²) in [6, 6.07) is 9.01. The first-order valence-corrected chi connectivity index (χ1v) is 13.2. The van der Waals surface area contributed by atoms with Crippen molar-refractivity contribution < 1.29 is 0 Å². The summed E-state index contributed by atoms with van der Waals surface area (Å²) < 4.78 is 0. The Morgan fingerprint density at radius 1 is 1.00 bits per heavy atom. The molecule has 5 aliphatic carbocycles. The molecule has 8 atom stereocenters. The molecule has 1 heteroatoms. The van der Waals surface area contributed by atoms with Crippen LogP contribution in [0.1, 0.15) is 83.4 Å². The van der Waals surface area contributed by atoms with Crippen LogP contribution in [0, 0.1) is 40.4 Å². The fourth-order valence-electron chi connectivity index (χ4n) is 9.51. The molecule has 0 N–H and O–H groups in total. The van der Waals surface area contributed by atoms with Crippen LogP contribution in [-0.2, 0) is 0 Å². The molecule has 0 aliphatic heterocycles. The van der Waals surface area contributed by atoms with Gasteiger partial charge in [0.2, 0.25) is 0 Å². The van der Waals surface area contributed by atoms with Crippen LogP contribution in [0.2, 0.25) is 0 Å². The largest absolute Gasteiger partial charge is 0.260 e. The Bertz CT molecular complexity index is 1190. The average Bonchev–Trinajstić information content (AvgIpc) is 3.15. The molecule has 32 heavy (non-hydrogen) atoms. The van der Waals surface area contributed by atoms with E-state index in [0.717, 1.165) is 23.7 Å². The van der Waals surface area contributed by atoms with E-state index in [-0.39, 0.29) is 0 Å². The molecule has 0 spiro atoms. The average molecular weight is 424 g/mol. The van der Waals surface area contributed by atoms with Crippen LogP contribution in [0.25, 0.3) is 16.3 Å². The van der Waals surface area contributed by atoms with Gasteiger partial charge in [-0.2, -0.15) is 0 Å². The highest BCUT2D eigenvalue weighted by atomic mass is 14.7. The van der Waals surface area contributed by atoms with E-state index in [0.29, 0.717) is 22.7 Å². The van der Waals surface area contributed by atoms with E-state index in [1.165, 1.54) is 60.6 Å². The molecule has 1 heterocycles. The van der Waals surface area contributed by atoms with Crippen molar-refractivity contribution in [3.05, 3.63) is 59.4 Å². The van der Waals surface area contributed by atoms with E-state index >= 15 is 0 Å². The fraction of sp³-hybridized carbons (Fsp3) is 0.581. The lowest BCUT2D eigenvalue weighted by molar-refractivity contribution is 0.0437. The van der Waals surface area contributed by atoms with Crippen LogP contribution < -0.4 is 0 Å². The van der Waals surface area contributed by atoms with E-state index in [9.17, 15) is 0 Å². The van der Waals surface area contributed by atoms with Crippen molar-refractivity contribution in [1.82, 2.24) is 4.98 Å². The minimum absolute atomic E-state index is 0.309. The first kappa shape index (κ1) is 19.6. The molecule has 2 saturated carbocycles. The molecule has 0 bridgehead atoms. The van der Waals surface area contributed by atoms with Crippen molar-refractivity contribution in [2.75, 3.05) is 0 Å². The van der Waals surface area contributed by atoms with Crippen LogP contribution in [0.5, 0.6) is 0 Å². The highest BCUT2D eigenvalue weighted by Gasteiger charge is 2.62. The van der Waals surface area contributed by atoms with Gasteiger partial charge in [0.05, 0.1) is 5.69 Å². The molecular formula is C31H37N. The van der Waals surface area contributed by atoms with Crippen molar-refractivity contribution in [3.63, 3.8) is 0 Å². The lowest BCUT2D eigenvalue weighted by Gasteiger charge is -2.59. The first-order valence-electron chi connectivity index (χ1n) is 13.2. The molecule has 0 saturated heterocycles. The maximum absolute atomic E-state index is 5.13. The Hall–Kier alpha value is -1.89. The summed E-state index contributed by atoms with van der Waals surface area (Å²) in [5.41, 5.74) is 7.04. The molecule has 1 aromatic carbocycles. The molecule has 8 unspecified atom stereocenters. The van der Waals surface area contributed by atoms with Gasteiger partial charge >= 0.3 is 0 Å². The quantitative estimate of drug-likeness (QED) is 0.389. The Kier molecular flexibility index (Phi) is 3.89. The number of hydrogen-bond acceptors (Lipinski definition) is 1. The first-order chi connectivity index (χ1) is 15.4. The number of hydrogen-bond donors (Lipinski definition) is 0. The maximum Gasteiger partial charge on any atom is 0.0516 e. The van der Waals surface area contributed by atoms with Crippen molar-refractivity contribution in [1.29, 1.82) is 0 Å². The lowest BCUT2D eigenvalue weighted by Crippen LogP contribution is -2.50. The number of pyridine rings is 1. The van der Waals surface area contributed by atoms with Gasteiger partial charge in [-0.05, 0) is 89.9 Å². The van der Waals surface area contributed by atoms with Gasteiger partial charge < -0.3 is 0 Å². The number of allylic oxidation sites excluding steroid dienone is 4. The summed E-state index contributed by atoms with van der Waals surface area (Å²) in [7, 11) is 0. The van der Waals surface area contributed by atoms with Gasteiger partial charge in [-0.15, -0.1) is 0 Å². The van der Waals surface area contributed by atoms with E-state index in [1.54, 1.807) is 11.1 Å². The fourth-order valence-corrected chi connectivity index (χ4v) is 9.51. The van der Waals surface area contributed by atoms with Gasteiger partial charge in [0, 0.05) is 23.1 Å². The molecule has 0 amide bonds. The van der Waals surface area contributed by atoms with Gasteiger partial charge in [0.1, 0.15) is 0 Å². The summed E-state index contributed by atoms with van der Waals surface area (Å²) in [6.07, 6.45) is 15.9. The van der Waals surface area contributed by atoms with Crippen LogP contribution in [0.3, 0.4) is 0 Å². The van der Waals surface area contributed by atoms with Crippen molar-refractivity contribution in [3.8, 4) is 0 Å². The Balaban J connectivity index is 1.50. The summed E-state index contributed by atoms with van der Waals surface area (Å²) in [6.45, 7) is 10.2. The zero-order valence-electron chi connectivity index (χ0n) is 20.2. The van der Waals surface area contributed by atoms with Crippen molar-refractivity contribution in [2.24, 2.45) is 40.4 Å². The molecule has 7 rings (SSSR count). The Morgan fingerprint density at radius 3 is 2.69 bits per heavy atom. The maximum atomic E-state index is 5.13. The molecular weight excluding hydrogens is 386 g/mol. The third-order valence-corrected chi connectivity index (χ3v) is 11.2. The van der Waals surface area contributed by atoms with Gasteiger partial charge in [-0.25, -0.2) is 0 Å². The van der Waals surface area contributed by atoms with Gasteiger partial charge in [0.15, 0.2) is 0 Å². The van der Waals surface area contributed by atoms with E-state index in [2.05, 4.69) is 70.3 Å². The minimum Gasteiger partial charge on any atom is -0.260 e. The third-order valence-electron chi connectivity index (χ3n) is 11.2. The predicted molar refractivity (Wildman–Crippen MR) is 133 cm³/mol. The monoisotopic (exact) mass is 423 g/mol.